The molecule has 0 aromatic carbocycles. The summed E-state index contributed by atoms with van der Waals surface area (Å²) < 4.78 is 5.46. The molecular formula is C13H22N2OS. The fourth-order valence-corrected chi connectivity index (χ4v) is 3.61. The van der Waals surface area contributed by atoms with Crippen LogP contribution < -0.4 is 11.3 Å². The molecule has 17 heavy (non-hydrogen) atoms. The van der Waals surface area contributed by atoms with Crippen molar-refractivity contribution in [2.24, 2.45) is 5.84 Å². The van der Waals surface area contributed by atoms with Crippen LogP contribution in [0.1, 0.15) is 47.5 Å². The number of rotatable bonds is 5. The van der Waals surface area contributed by atoms with Gasteiger partial charge in [-0.2, -0.15) is 0 Å². The first kappa shape index (κ1) is 13.0. The van der Waals surface area contributed by atoms with Crippen molar-refractivity contribution in [3.8, 4) is 0 Å². The maximum Gasteiger partial charge on any atom is 0.0786 e. The van der Waals surface area contributed by atoms with E-state index in [2.05, 4.69) is 11.5 Å². The fraction of sp³-hybridized carbons (Fsp3) is 0.692. The SMILES string of the molecule is CCOCC(NN)c1cc2c(s1)CCCCC2. The number of ether oxygens (including phenoxy) is 1. The van der Waals surface area contributed by atoms with Crippen LogP contribution in [0.2, 0.25) is 0 Å². The minimum atomic E-state index is 0.145. The Morgan fingerprint density at radius 1 is 1.41 bits per heavy atom. The van der Waals surface area contributed by atoms with Gasteiger partial charge in [0, 0.05) is 16.4 Å². The van der Waals surface area contributed by atoms with Crippen LogP contribution >= 0.6 is 11.3 Å². The molecule has 0 fully saturated rings. The maximum absolute atomic E-state index is 5.61. The lowest BCUT2D eigenvalue weighted by atomic mass is 10.1. The van der Waals surface area contributed by atoms with E-state index in [1.165, 1.54) is 37.0 Å². The van der Waals surface area contributed by atoms with Crippen molar-refractivity contribution in [1.29, 1.82) is 0 Å². The summed E-state index contributed by atoms with van der Waals surface area (Å²) in [7, 11) is 0. The molecule has 0 radical (unpaired) electrons. The summed E-state index contributed by atoms with van der Waals surface area (Å²) in [4.78, 5) is 2.89. The van der Waals surface area contributed by atoms with Gasteiger partial charge in [0.1, 0.15) is 0 Å². The van der Waals surface area contributed by atoms with Gasteiger partial charge in [0.25, 0.3) is 0 Å². The van der Waals surface area contributed by atoms with Crippen LogP contribution in [0.5, 0.6) is 0 Å². The Bertz CT molecular complexity index is 328. The zero-order valence-electron chi connectivity index (χ0n) is 10.5. The first-order chi connectivity index (χ1) is 8.35. The lowest BCUT2D eigenvalue weighted by Gasteiger charge is -2.13. The normalized spacial score (nSPS) is 17.5. The third-order valence-corrected chi connectivity index (χ3v) is 4.65. The van der Waals surface area contributed by atoms with Crippen LogP contribution in [0, 0.1) is 0 Å². The summed E-state index contributed by atoms with van der Waals surface area (Å²) in [6, 6.07) is 2.47. The summed E-state index contributed by atoms with van der Waals surface area (Å²) in [5, 5.41) is 0. The Morgan fingerprint density at radius 2 is 2.24 bits per heavy atom. The van der Waals surface area contributed by atoms with E-state index < -0.39 is 0 Å². The molecule has 1 unspecified atom stereocenters. The molecule has 1 aromatic heterocycles. The smallest absolute Gasteiger partial charge is 0.0786 e. The van der Waals surface area contributed by atoms with E-state index in [1.807, 2.05) is 18.3 Å². The molecule has 2 rings (SSSR count). The van der Waals surface area contributed by atoms with Gasteiger partial charge in [0.15, 0.2) is 0 Å². The van der Waals surface area contributed by atoms with Crippen molar-refractivity contribution in [2.45, 2.75) is 45.1 Å². The van der Waals surface area contributed by atoms with E-state index in [0.29, 0.717) is 6.61 Å². The van der Waals surface area contributed by atoms with Crippen molar-refractivity contribution < 1.29 is 4.74 Å². The predicted molar refractivity (Wildman–Crippen MR) is 72.1 cm³/mol. The van der Waals surface area contributed by atoms with E-state index in [9.17, 15) is 0 Å². The van der Waals surface area contributed by atoms with Crippen LogP contribution in [0.15, 0.2) is 6.07 Å². The van der Waals surface area contributed by atoms with Gasteiger partial charge in [0.2, 0.25) is 0 Å². The van der Waals surface area contributed by atoms with Crippen molar-refractivity contribution in [2.75, 3.05) is 13.2 Å². The molecule has 0 spiro atoms. The molecule has 0 saturated carbocycles. The second-order valence-electron chi connectivity index (χ2n) is 4.54. The Kier molecular flexibility index (Phi) is 4.98. The molecule has 4 heteroatoms. The second kappa shape index (κ2) is 6.50. The number of hydrazine groups is 1. The Balaban J connectivity index is 2.09. The highest BCUT2D eigenvalue weighted by molar-refractivity contribution is 7.12. The van der Waals surface area contributed by atoms with Crippen LogP contribution in [0.25, 0.3) is 0 Å². The van der Waals surface area contributed by atoms with E-state index in [4.69, 9.17) is 10.6 Å². The minimum absolute atomic E-state index is 0.145. The van der Waals surface area contributed by atoms with Crippen molar-refractivity contribution >= 4 is 11.3 Å². The number of nitrogens with two attached hydrogens (primary N) is 1. The van der Waals surface area contributed by atoms with Gasteiger partial charge in [-0.15, -0.1) is 11.3 Å². The van der Waals surface area contributed by atoms with Crippen LogP contribution in [-0.4, -0.2) is 13.2 Å². The topological polar surface area (TPSA) is 47.3 Å². The average Bonchev–Trinajstić information content (AvgIpc) is 2.61. The molecule has 1 aliphatic carbocycles. The van der Waals surface area contributed by atoms with E-state index >= 15 is 0 Å². The third-order valence-electron chi connectivity index (χ3n) is 3.30. The van der Waals surface area contributed by atoms with Gasteiger partial charge in [-0.25, -0.2) is 5.43 Å². The zero-order valence-corrected chi connectivity index (χ0v) is 11.3. The molecule has 1 aliphatic rings. The lowest BCUT2D eigenvalue weighted by Crippen LogP contribution is -2.30. The van der Waals surface area contributed by atoms with Gasteiger partial charge in [-0.3, -0.25) is 5.84 Å². The number of hydrogen-bond donors (Lipinski definition) is 2. The van der Waals surface area contributed by atoms with Gasteiger partial charge >= 0.3 is 0 Å². The molecule has 0 amide bonds. The Labute approximate surface area is 107 Å². The third kappa shape index (κ3) is 3.28. The number of hydrogen-bond acceptors (Lipinski definition) is 4. The van der Waals surface area contributed by atoms with Crippen LogP contribution in [-0.2, 0) is 17.6 Å². The molecule has 3 N–H and O–H groups in total. The van der Waals surface area contributed by atoms with Gasteiger partial charge in [-0.05, 0) is 44.2 Å². The predicted octanol–water partition coefficient (Wildman–Crippen LogP) is 2.56. The van der Waals surface area contributed by atoms with Crippen LogP contribution in [0.4, 0.5) is 0 Å². The summed E-state index contributed by atoms with van der Waals surface area (Å²) in [5.74, 6) is 5.61. The molecular weight excluding hydrogens is 232 g/mol. The Hall–Kier alpha value is -0.420. The largest absolute Gasteiger partial charge is 0.380 e. The standard InChI is InChI=1S/C13H22N2OS/c1-2-16-9-11(15-14)13-8-10-6-4-3-5-7-12(10)17-13/h8,11,15H,2-7,9,14H2,1H3. The molecule has 0 bridgehead atoms. The molecule has 1 aromatic rings. The highest BCUT2D eigenvalue weighted by Gasteiger charge is 2.17. The molecule has 0 aliphatic heterocycles. The van der Waals surface area contributed by atoms with E-state index in [0.717, 1.165) is 6.61 Å². The van der Waals surface area contributed by atoms with Crippen molar-refractivity contribution in [3.63, 3.8) is 0 Å². The Morgan fingerprint density at radius 3 is 3.00 bits per heavy atom. The number of thiophene rings is 1. The lowest BCUT2D eigenvalue weighted by molar-refractivity contribution is 0.124. The fourth-order valence-electron chi connectivity index (χ4n) is 2.31. The zero-order chi connectivity index (χ0) is 12.1. The van der Waals surface area contributed by atoms with Gasteiger partial charge < -0.3 is 4.74 Å². The molecule has 96 valence electrons. The summed E-state index contributed by atoms with van der Waals surface area (Å²) in [5.41, 5.74) is 4.40. The summed E-state index contributed by atoms with van der Waals surface area (Å²) >= 11 is 1.91. The minimum Gasteiger partial charge on any atom is -0.380 e. The average molecular weight is 254 g/mol. The first-order valence-electron chi connectivity index (χ1n) is 6.50. The van der Waals surface area contributed by atoms with Gasteiger partial charge in [0.05, 0.1) is 12.6 Å². The number of aryl methyl sites for hydroxylation is 2. The van der Waals surface area contributed by atoms with E-state index in [1.54, 1.807) is 10.4 Å². The maximum atomic E-state index is 5.61. The summed E-state index contributed by atoms with van der Waals surface area (Å²) in [6.07, 6.45) is 6.51. The monoisotopic (exact) mass is 254 g/mol. The molecule has 0 saturated heterocycles. The van der Waals surface area contributed by atoms with Crippen molar-refractivity contribution in [1.82, 2.24) is 5.43 Å². The highest BCUT2D eigenvalue weighted by atomic mass is 32.1. The van der Waals surface area contributed by atoms with Crippen LogP contribution in [0.3, 0.4) is 0 Å². The van der Waals surface area contributed by atoms with E-state index in [-0.39, 0.29) is 6.04 Å². The van der Waals surface area contributed by atoms with Gasteiger partial charge in [-0.1, -0.05) is 6.42 Å². The second-order valence-corrected chi connectivity index (χ2v) is 5.70. The summed E-state index contributed by atoms with van der Waals surface area (Å²) in [6.45, 7) is 3.41. The highest BCUT2D eigenvalue weighted by Crippen LogP contribution is 2.32. The first-order valence-corrected chi connectivity index (χ1v) is 7.32. The quantitative estimate of drug-likeness (QED) is 0.482. The van der Waals surface area contributed by atoms with Crippen molar-refractivity contribution in [3.05, 3.63) is 21.4 Å². The number of nitrogens with one attached hydrogen (secondary N) is 1. The molecule has 1 atom stereocenters. The molecule has 1 heterocycles. The number of fused-ring (bicyclic) bond motifs is 1. The molecule has 3 nitrogen and oxygen atoms in total.